The summed E-state index contributed by atoms with van der Waals surface area (Å²) in [6, 6.07) is 8.76. The number of carbonyl (C=O) groups is 2. The molecular weight excluding hydrogens is 774 g/mol. The molecule has 4 rings (SSSR count). The fraction of sp³-hybridized carbons (Fsp3) is 0.682. The molecule has 56 heavy (non-hydrogen) atoms. The highest BCUT2D eigenvalue weighted by Gasteiger charge is 2.51. The van der Waals surface area contributed by atoms with Crippen LogP contribution in [0, 0.1) is 34.5 Å². The van der Waals surface area contributed by atoms with Crippen molar-refractivity contribution in [3.05, 3.63) is 45.9 Å². The van der Waals surface area contributed by atoms with Gasteiger partial charge in [0.1, 0.15) is 17.9 Å². The first kappa shape index (κ1) is 46.0. The van der Waals surface area contributed by atoms with Crippen LogP contribution in [-0.2, 0) is 16.2 Å². The molecule has 1 aliphatic carbocycles. The molecule has 0 spiro atoms. The van der Waals surface area contributed by atoms with Gasteiger partial charge in [0.25, 0.3) is 5.91 Å². The molecule has 11 nitrogen and oxygen atoms in total. The number of aliphatic hydroxyl groups is 2. The lowest BCUT2D eigenvalue weighted by atomic mass is 9.58. The average molecular weight is 845 g/mol. The molecule has 0 unspecified atom stereocenters. The predicted octanol–water partition coefficient (Wildman–Crippen LogP) is 6.58. The lowest BCUT2D eigenvalue weighted by molar-refractivity contribution is -0.182. The number of anilines is 1. The third-order valence-electron chi connectivity index (χ3n) is 12.7. The number of aliphatic hydroxyl groups excluding tert-OH is 2. The van der Waals surface area contributed by atoms with Gasteiger partial charge in [-0.15, -0.1) is 0 Å². The van der Waals surface area contributed by atoms with E-state index in [1.165, 1.54) is 0 Å². The number of benzene rings is 2. The van der Waals surface area contributed by atoms with Crippen LogP contribution in [0.3, 0.4) is 0 Å². The average Bonchev–Trinajstić information content (AvgIpc) is 3.47. The molecule has 1 saturated heterocycles. The molecule has 0 radical (unpaired) electrons. The Morgan fingerprint density at radius 1 is 1.12 bits per heavy atom. The molecule has 2 fully saturated rings. The number of carbonyl (C=O) groups excluding carboxylic acids is 2. The molecule has 2 aromatic carbocycles. The van der Waals surface area contributed by atoms with Crippen LogP contribution in [0.1, 0.15) is 91.1 Å². The van der Waals surface area contributed by atoms with E-state index in [1.807, 2.05) is 63.4 Å². The molecule has 1 saturated carbocycles. The van der Waals surface area contributed by atoms with E-state index in [0.717, 1.165) is 35.2 Å². The van der Waals surface area contributed by atoms with Crippen LogP contribution in [-0.4, -0.2) is 111 Å². The molecule has 2 amide bonds. The standard InChI is InChI=1S/C44H70BrN5O6/c1-25-18-34(26(2)27(3)44(25,8)9)47-42(54)39-37(28(4)52)36(24-51)56-50(39)22-29-16-15-17-32(40(29)55-14)30-19-33(38(45)35(20-30)49(12)13)41(53)46-31(23-48(10)11)21-43(5,6)7/h15-17,19-20,25-28,31,34,36-37,39,51-52H,18,21-24H2,1-14H3,(H,46,53)(H,47,54)/t25-,26+,27+,28+,31+,34+,36+,37-,39+/m1/s1. The Morgan fingerprint density at radius 3 is 2.34 bits per heavy atom. The van der Waals surface area contributed by atoms with Gasteiger partial charge < -0.3 is 35.4 Å². The number of amides is 2. The molecule has 0 aromatic heterocycles. The van der Waals surface area contributed by atoms with Crippen molar-refractivity contribution in [2.45, 2.75) is 112 Å². The summed E-state index contributed by atoms with van der Waals surface area (Å²) in [5.41, 5.74) is 3.79. The third-order valence-corrected chi connectivity index (χ3v) is 13.5. The van der Waals surface area contributed by atoms with E-state index in [4.69, 9.17) is 9.57 Å². The molecule has 2 aliphatic rings. The van der Waals surface area contributed by atoms with E-state index in [-0.39, 0.29) is 53.8 Å². The molecule has 12 heteroatoms. The number of para-hydroxylation sites is 1. The van der Waals surface area contributed by atoms with Gasteiger partial charge in [0, 0.05) is 49.8 Å². The SMILES string of the molecule is COc1c(CN2O[C@@H](CO)[C@@H]([C@H](C)O)[C@H]2C(=O)N[C@H]2C[C@@H](C)C(C)(C)[C@@H](C)[C@@H]2C)cccc1-c1cc(C(=O)N[C@H](CN(C)C)CC(C)(C)C)c(Br)c(N(C)C)c1. The summed E-state index contributed by atoms with van der Waals surface area (Å²) in [5.74, 6) is 0.545. The number of rotatable bonds is 14. The van der Waals surface area contributed by atoms with E-state index >= 15 is 0 Å². The fourth-order valence-electron chi connectivity index (χ4n) is 8.91. The fourth-order valence-corrected chi connectivity index (χ4v) is 9.68. The Morgan fingerprint density at radius 2 is 1.79 bits per heavy atom. The quantitative estimate of drug-likeness (QED) is 0.167. The van der Waals surface area contributed by atoms with E-state index in [2.05, 4.69) is 86.9 Å². The van der Waals surface area contributed by atoms with Crippen LogP contribution in [0.25, 0.3) is 11.1 Å². The van der Waals surface area contributed by atoms with Gasteiger partial charge in [-0.05, 0) is 96.1 Å². The van der Waals surface area contributed by atoms with Crippen molar-refractivity contribution in [1.82, 2.24) is 20.6 Å². The second-order valence-corrected chi connectivity index (χ2v) is 19.6. The zero-order chi connectivity index (χ0) is 42.0. The Kier molecular flexibility index (Phi) is 15.1. The Hall–Kier alpha value is -2.74. The van der Waals surface area contributed by atoms with Crippen LogP contribution >= 0.6 is 15.9 Å². The zero-order valence-electron chi connectivity index (χ0n) is 36.4. The first-order valence-corrected chi connectivity index (χ1v) is 21.0. The Labute approximate surface area is 344 Å². The van der Waals surface area contributed by atoms with Crippen LogP contribution in [0.5, 0.6) is 5.75 Å². The maximum Gasteiger partial charge on any atom is 0.252 e. The van der Waals surface area contributed by atoms with Gasteiger partial charge in [0.2, 0.25) is 5.91 Å². The van der Waals surface area contributed by atoms with Gasteiger partial charge >= 0.3 is 0 Å². The van der Waals surface area contributed by atoms with Crippen molar-refractivity contribution in [3.8, 4) is 16.9 Å². The van der Waals surface area contributed by atoms with E-state index in [9.17, 15) is 19.8 Å². The monoisotopic (exact) mass is 843 g/mol. The number of nitrogens with zero attached hydrogens (tertiary/aromatic N) is 3. The normalized spacial score (nSPS) is 26.5. The Balaban J connectivity index is 1.73. The van der Waals surface area contributed by atoms with Crippen molar-refractivity contribution in [3.63, 3.8) is 0 Å². The minimum absolute atomic E-state index is 0.0173. The molecule has 0 bridgehead atoms. The molecular formula is C44H70BrN5O6. The molecule has 9 atom stereocenters. The highest BCUT2D eigenvalue weighted by atomic mass is 79.9. The van der Waals surface area contributed by atoms with Gasteiger partial charge in [-0.3, -0.25) is 14.4 Å². The molecule has 314 valence electrons. The Bertz CT molecular complexity index is 1680. The van der Waals surface area contributed by atoms with Crippen molar-refractivity contribution in [2.24, 2.45) is 34.5 Å². The van der Waals surface area contributed by atoms with Crippen molar-refractivity contribution < 1.29 is 29.4 Å². The van der Waals surface area contributed by atoms with E-state index < -0.39 is 24.2 Å². The number of hydrogen-bond acceptors (Lipinski definition) is 9. The number of hydrogen-bond donors (Lipinski definition) is 4. The lowest BCUT2D eigenvalue weighted by Gasteiger charge is -2.50. The van der Waals surface area contributed by atoms with Gasteiger partial charge in [-0.1, -0.05) is 73.6 Å². The number of methoxy groups -OCH3 is 1. The highest BCUT2D eigenvalue weighted by molar-refractivity contribution is 9.10. The molecule has 1 aliphatic heterocycles. The maximum absolute atomic E-state index is 14.4. The summed E-state index contributed by atoms with van der Waals surface area (Å²) in [4.78, 5) is 38.9. The number of halogens is 1. The van der Waals surface area contributed by atoms with Crippen LogP contribution in [0.2, 0.25) is 0 Å². The minimum Gasteiger partial charge on any atom is -0.496 e. The number of ether oxygens (including phenoxy) is 1. The summed E-state index contributed by atoms with van der Waals surface area (Å²) in [6.45, 7) is 20.0. The second-order valence-electron chi connectivity index (χ2n) is 18.8. The van der Waals surface area contributed by atoms with Gasteiger partial charge in [0.05, 0.1) is 42.1 Å². The van der Waals surface area contributed by atoms with Crippen molar-refractivity contribution in [1.29, 1.82) is 0 Å². The lowest BCUT2D eigenvalue weighted by Crippen LogP contribution is -2.56. The second kappa shape index (κ2) is 18.5. The maximum atomic E-state index is 14.4. The first-order valence-electron chi connectivity index (χ1n) is 20.2. The van der Waals surface area contributed by atoms with Crippen LogP contribution in [0.4, 0.5) is 5.69 Å². The predicted molar refractivity (Wildman–Crippen MR) is 229 cm³/mol. The van der Waals surface area contributed by atoms with Gasteiger partial charge in [-0.2, -0.15) is 5.06 Å². The summed E-state index contributed by atoms with van der Waals surface area (Å²) in [5, 5.41) is 29.7. The zero-order valence-corrected chi connectivity index (χ0v) is 38.0. The van der Waals surface area contributed by atoms with Crippen LogP contribution < -0.4 is 20.3 Å². The van der Waals surface area contributed by atoms with E-state index in [1.54, 1.807) is 19.1 Å². The molecule has 1 heterocycles. The first-order chi connectivity index (χ1) is 26.0. The smallest absolute Gasteiger partial charge is 0.252 e. The number of hydroxylamine groups is 2. The van der Waals surface area contributed by atoms with Crippen molar-refractivity contribution in [2.75, 3.05) is 53.4 Å². The van der Waals surface area contributed by atoms with Crippen LogP contribution in [0.15, 0.2) is 34.8 Å². The number of nitrogens with one attached hydrogen (secondary N) is 2. The summed E-state index contributed by atoms with van der Waals surface area (Å²) in [7, 11) is 9.51. The summed E-state index contributed by atoms with van der Waals surface area (Å²) >= 11 is 3.75. The molecule has 4 N–H and O–H groups in total. The summed E-state index contributed by atoms with van der Waals surface area (Å²) < 4.78 is 6.82. The van der Waals surface area contributed by atoms with Crippen molar-refractivity contribution >= 4 is 33.4 Å². The highest BCUT2D eigenvalue weighted by Crippen LogP contribution is 2.48. The number of likely N-dealkylation sites (N-methyl/N-ethyl adjacent to an activating group) is 1. The third kappa shape index (κ3) is 10.3. The minimum atomic E-state index is -0.917. The van der Waals surface area contributed by atoms with Gasteiger partial charge in [-0.25, -0.2) is 0 Å². The largest absolute Gasteiger partial charge is 0.496 e. The molecule has 2 aromatic rings. The van der Waals surface area contributed by atoms with E-state index in [0.29, 0.717) is 34.2 Å². The topological polar surface area (TPSA) is 127 Å². The van der Waals surface area contributed by atoms with Gasteiger partial charge in [0.15, 0.2) is 0 Å². The summed E-state index contributed by atoms with van der Waals surface area (Å²) in [6.07, 6.45) is -0.0267.